The van der Waals surface area contributed by atoms with Crippen LogP contribution in [-0.2, 0) is 9.53 Å². The Morgan fingerprint density at radius 1 is 1.47 bits per heavy atom. The van der Waals surface area contributed by atoms with Crippen molar-refractivity contribution in [1.29, 1.82) is 0 Å². The van der Waals surface area contributed by atoms with E-state index < -0.39 is 23.8 Å². The molecule has 0 aliphatic rings. The Morgan fingerprint density at radius 3 is 2.68 bits per heavy atom. The normalized spacial score (nSPS) is 13.9. The minimum atomic E-state index is -0.990. The molecule has 0 aromatic heterocycles. The second-order valence-corrected chi connectivity index (χ2v) is 5.12. The molecule has 5 heteroatoms. The summed E-state index contributed by atoms with van der Waals surface area (Å²) < 4.78 is 18.4. The maximum atomic E-state index is 13.2. The van der Waals surface area contributed by atoms with Gasteiger partial charge in [-0.25, -0.2) is 4.39 Å². The molecule has 0 spiro atoms. The molecule has 0 amide bonds. The zero-order valence-electron chi connectivity index (χ0n) is 11.0. The summed E-state index contributed by atoms with van der Waals surface area (Å²) in [4.78, 5) is 11.8. The predicted octanol–water partition coefficient (Wildman–Crippen LogP) is 3.60. The highest BCUT2D eigenvalue weighted by Gasteiger charge is 2.28. The number of halogens is 2. The fourth-order valence-electron chi connectivity index (χ4n) is 1.89. The Bertz CT molecular complexity index is 437. The van der Waals surface area contributed by atoms with Gasteiger partial charge in [-0.3, -0.25) is 4.79 Å². The summed E-state index contributed by atoms with van der Waals surface area (Å²) >= 11 is 3.07. The van der Waals surface area contributed by atoms with Crippen molar-refractivity contribution in [2.24, 2.45) is 5.92 Å². The zero-order chi connectivity index (χ0) is 14.4. The lowest BCUT2D eigenvalue weighted by Crippen LogP contribution is -2.24. The summed E-state index contributed by atoms with van der Waals surface area (Å²) in [6.07, 6.45) is 0.286. The van der Waals surface area contributed by atoms with Crippen LogP contribution in [0.25, 0.3) is 0 Å². The summed E-state index contributed by atoms with van der Waals surface area (Å²) in [5, 5.41) is 10.3. The first-order valence-corrected chi connectivity index (χ1v) is 7.10. The lowest BCUT2D eigenvalue weighted by molar-refractivity contribution is -0.152. The Morgan fingerprint density at radius 2 is 2.16 bits per heavy atom. The van der Waals surface area contributed by atoms with Crippen LogP contribution in [0.2, 0.25) is 0 Å². The second-order valence-electron chi connectivity index (χ2n) is 4.27. The van der Waals surface area contributed by atoms with Gasteiger partial charge < -0.3 is 9.84 Å². The third-order valence-electron chi connectivity index (χ3n) is 2.86. The number of ether oxygens (including phenoxy) is 1. The quantitative estimate of drug-likeness (QED) is 0.809. The maximum absolute atomic E-state index is 13.2. The first-order chi connectivity index (χ1) is 9.01. The van der Waals surface area contributed by atoms with E-state index in [2.05, 4.69) is 15.9 Å². The van der Waals surface area contributed by atoms with Gasteiger partial charge in [0.2, 0.25) is 0 Å². The van der Waals surface area contributed by atoms with Crippen molar-refractivity contribution >= 4 is 21.9 Å². The molecule has 0 fully saturated rings. The lowest BCUT2D eigenvalue weighted by Gasteiger charge is -2.21. The van der Waals surface area contributed by atoms with Crippen LogP contribution >= 0.6 is 15.9 Å². The van der Waals surface area contributed by atoms with E-state index in [1.807, 2.05) is 6.92 Å². The smallest absolute Gasteiger partial charge is 0.311 e. The van der Waals surface area contributed by atoms with Crippen molar-refractivity contribution in [3.05, 3.63) is 34.1 Å². The van der Waals surface area contributed by atoms with Crippen molar-refractivity contribution < 1.29 is 19.0 Å². The standard InChI is InChI=1S/C14H18BrFO3/c1-3-5-10(14(18)19-4-2)13(17)9-6-7-12(16)11(15)8-9/h6-8,10,13,17H,3-5H2,1-2H3. The molecule has 3 nitrogen and oxygen atoms in total. The summed E-state index contributed by atoms with van der Waals surface area (Å²) in [5.41, 5.74) is 0.500. The Balaban J connectivity index is 2.94. The topological polar surface area (TPSA) is 46.5 Å². The molecule has 1 N–H and O–H groups in total. The van der Waals surface area contributed by atoms with Gasteiger partial charge in [-0.05, 0) is 47.0 Å². The van der Waals surface area contributed by atoms with Gasteiger partial charge in [0.25, 0.3) is 0 Å². The molecule has 19 heavy (non-hydrogen) atoms. The van der Waals surface area contributed by atoms with Gasteiger partial charge in [0, 0.05) is 0 Å². The third kappa shape index (κ3) is 4.28. The minimum absolute atomic E-state index is 0.267. The SMILES string of the molecule is CCCC(C(=O)OCC)C(O)c1ccc(F)c(Br)c1. The molecule has 0 aliphatic carbocycles. The number of esters is 1. The predicted molar refractivity (Wildman–Crippen MR) is 74.1 cm³/mol. The molecule has 2 unspecified atom stereocenters. The molecule has 0 heterocycles. The van der Waals surface area contributed by atoms with E-state index in [0.29, 0.717) is 12.0 Å². The average Bonchev–Trinajstić information content (AvgIpc) is 2.38. The van der Waals surface area contributed by atoms with E-state index >= 15 is 0 Å². The van der Waals surface area contributed by atoms with E-state index in [1.54, 1.807) is 6.92 Å². The molecule has 0 saturated carbocycles. The fourth-order valence-corrected chi connectivity index (χ4v) is 2.29. The largest absolute Gasteiger partial charge is 0.466 e. The maximum Gasteiger partial charge on any atom is 0.311 e. The lowest BCUT2D eigenvalue weighted by atomic mass is 9.92. The molecule has 0 aliphatic heterocycles. The third-order valence-corrected chi connectivity index (χ3v) is 3.46. The first-order valence-electron chi connectivity index (χ1n) is 6.30. The molecular formula is C14H18BrFO3. The van der Waals surface area contributed by atoms with Crippen molar-refractivity contribution in [2.75, 3.05) is 6.61 Å². The van der Waals surface area contributed by atoms with Crippen LogP contribution in [-0.4, -0.2) is 17.7 Å². The van der Waals surface area contributed by atoms with Gasteiger partial charge in [-0.15, -0.1) is 0 Å². The van der Waals surface area contributed by atoms with Crippen LogP contribution in [0, 0.1) is 11.7 Å². The van der Waals surface area contributed by atoms with E-state index in [1.165, 1.54) is 18.2 Å². The van der Waals surface area contributed by atoms with E-state index in [0.717, 1.165) is 6.42 Å². The summed E-state index contributed by atoms with van der Waals surface area (Å²) in [6.45, 7) is 3.93. The van der Waals surface area contributed by atoms with Crippen LogP contribution in [0.1, 0.15) is 38.4 Å². The number of hydrogen-bond donors (Lipinski definition) is 1. The van der Waals surface area contributed by atoms with E-state index in [4.69, 9.17) is 4.74 Å². The minimum Gasteiger partial charge on any atom is -0.466 e. The molecule has 2 atom stereocenters. The molecule has 0 radical (unpaired) electrons. The second kappa shape index (κ2) is 7.60. The van der Waals surface area contributed by atoms with Crippen molar-refractivity contribution in [3.63, 3.8) is 0 Å². The van der Waals surface area contributed by atoms with Gasteiger partial charge in [0.15, 0.2) is 0 Å². The van der Waals surface area contributed by atoms with E-state index in [-0.39, 0.29) is 11.1 Å². The molecule has 0 bridgehead atoms. The van der Waals surface area contributed by atoms with Crippen LogP contribution in [0.5, 0.6) is 0 Å². The van der Waals surface area contributed by atoms with Crippen LogP contribution in [0.4, 0.5) is 4.39 Å². The van der Waals surface area contributed by atoms with Crippen molar-refractivity contribution in [3.8, 4) is 0 Å². The summed E-state index contributed by atoms with van der Waals surface area (Å²) in [7, 11) is 0. The van der Waals surface area contributed by atoms with Crippen LogP contribution in [0.3, 0.4) is 0 Å². The number of aliphatic hydroxyl groups is 1. The number of aliphatic hydroxyl groups excluding tert-OH is 1. The summed E-state index contributed by atoms with van der Waals surface area (Å²) in [6, 6.07) is 4.23. The Hall–Kier alpha value is -0.940. The fraction of sp³-hybridized carbons (Fsp3) is 0.500. The van der Waals surface area contributed by atoms with Crippen LogP contribution < -0.4 is 0 Å². The number of rotatable bonds is 6. The molecular weight excluding hydrogens is 315 g/mol. The van der Waals surface area contributed by atoms with Gasteiger partial charge in [-0.1, -0.05) is 19.4 Å². The Labute approximate surface area is 120 Å². The highest BCUT2D eigenvalue weighted by Crippen LogP contribution is 2.29. The molecule has 1 aromatic rings. The van der Waals surface area contributed by atoms with Gasteiger partial charge in [0.1, 0.15) is 5.82 Å². The average molecular weight is 333 g/mol. The van der Waals surface area contributed by atoms with Crippen molar-refractivity contribution in [1.82, 2.24) is 0 Å². The number of hydrogen-bond acceptors (Lipinski definition) is 3. The van der Waals surface area contributed by atoms with Gasteiger partial charge >= 0.3 is 5.97 Å². The van der Waals surface area contributed by atoms with Gasteiger partial charge in [0.05, 0.1) is 23.1 Å². The Kier molecular flexibility index (Phi) is 6.45. The highest BCUT2D eigenvalue weighted by molar-refractivity contribution is 9.10. The highest BCUT2D eigenvalue weighted by atomic mass is 79.9. The molecule has 1 rings (SSSR count). The summed E-state index contributed by atoms with van der Waals surface area (Å²) in [5.74, 6) is -1.45. The van der Waals surface area contributed by atoms with E-state index in [9.17, 15) is 14.3 Å². The monoisotopic (exact) mass is 332 g/mol. The number of benzene rings is 1. The molecule has 106 valence electrons. The zero-order valence-corrected chi connectivity index (χ0v) is 12.6. The van der Waals surface area contributed by atoms with Gasteiger partial charge in [-0.2, -0.15) is 0 Å². The van der Waals surface area contributed by atoms with Crippen molar-refractivity contribution in [2.45, 2.75) is 32.8 Å². The van der Waals surface area contributed by atoms with Crippen LogP contribution in [0.15, 0.2) is 22.7 Å². The molecule has 1 aromatic carbocycles. The first kappa shape index (κ1) is 16.1. The number of carbonyl (C=O) groups excluding carboxylic acids is 1. The molecule has 0 saturated heterocycles. The number of carbonyl (C=O) groups is 1.